The first kappa shape index (κ1) is 22.0. The lowest BCUT2D eigenvalue weighted by atomic mass is 10.0. The van der Waals surface area contributed by atoms with Gasteiger partial charge in [0.25, 0.3) is 0 Å². The van der Waals surface area contributed by atoms with Gasteiger partial charge >= 0.3 is 0 Å². The van der Waals surface area contributed by atoms with Gasteiger partial charge in [0, 0.05) is 28.5 Å². The molecule has 0 N–H and O–H groups in total. The number of para-hydroxylation sites is 1. The zero-order valence-corrected chi connectivity index (χ0v) is 19.3. The molecule has 0 aliphatic heterocycles. The van der Waals surface area contributed by atoms with Crippen LogP contribution >= 0.6 is 0 Å². The van der Waals surface area contributed by atoms with Gasteiger partial charge in [-0.1, -0.05) is 78.9 Å². The Bertz CT molecular complexity index is 1400. The van der Waals surface area contributed by atoms with Crippen molar-refractivity contribution in [2.45, 2.75) is 0 Å². The van der Waals surface area contributed by atoms with Crippen LogP contribution in [0.3, 0.4) is 0 Å². The second-order valence-corrected chi connectivity index (χ2v) is 7.87. The Balaban J connectivity index is 1.56. The average Bonchev–Trinajstić information content (AvgIpc) is 3.37. The van der Waals surface area contributed by atoms with Crippen molar-refractivity contribution in [1.82, 2.24) is 9.78 Å². The number of hydrogen-bond donors (Lipinski definition) is 0. The zero-order chi connectivity index (χ0) is 23.9. The third kappa shape index (κ3) is 5.09. The predicted molar refractivity (Wildman–Crippen MR) is 142 cm³/mol. The standard InChI is InChI=1S/C30H24N4O/c1-35-28-19-17-25(18-20-28)30-26(22-34(33-30)27-15-9-4-10-16-27)21-31-32-29(23-11-5-2-6-12-23)24-13-7-3-8-14-24/h2-22H,1H3. The number of hydrogen-bond acceptors (Lipinski definition) is 4. The van der Waals surface area contributed by atoms with E-state index in [1.807, 2.05) is 126 Å². The van der Waals surface area contributed by atoms with Crippen molar-refractivity contribution in [3.05, 3.63) is 138 Å². The van der Waals surface area contributed by atoms with E-state index in [2.05, 4.69) is 10.2 Å². The summed E-state index contributed by atoms with van der Waals surface area (Å²) in [5.41, 5.74) is 6.44. The highest BCUT2D eigenvalue weighted by Gasteiger charge is 2.12. The number of nitrogens with zero attached hydrogens (tertiary/aromatic N) is 4. The van der Waals surface area contributed by atoms with Gasteiger partial charge in [-0.2, -0.15) is 10.2 Å². The predicted octanol–water partition coefficient (Wildman–Crippen LogP) is 6.42. The monoisotopic (exact) mass is 456 g/mol. The van der Waals surface area contributed by atoms with Crippen molar-refractivity contribution in [1.29, 1.82) is 0 Å². The molecular weight excluding hydrogens is 432 g/mol. The summed E-state index contributed by atoms with van der Waals surface area (Å²) in [4.78, 5) is 0. The molecule has 0 unspecified atom stereocenters. The molecule has 5 rings (SSSR count). The minimum Gasteiger partial charge on any atom is -0.497 e. The van der Waals surface area contributed by atoms with Gasteiger partial charge in [-0.05, 0) is 36.4 Å². The van der Waals surface area contributed by atoms with Gasteiger partial charge in [-0.25, -0.2) is 4.68 Å². The molecule has 0 spiro atoms. The first-order chi connectivity index (χ1) is 17.3. The summed E-state index contributed by atoms with van der Waals surface area (Å²) in [5.74, 6) is 0.798. The van der Waals surface area contributed by atoms with Gasteiger partial charge in [-0.3, -0.25) is 0 Å². The van der Waals surface area contributed by atoms with E-state index in [0.717, 1.165) is 45.1 Å². The van der Waals surface area contributed by atoms with E-state index in [-0.39, 0.29) is 0 Å². The molecule has 0 aliphatic carbocycles. The smallest absolute Gasteiger partial charge is 0.118 e. The molecule has 170 valence electrons. The molecule has 0 amide bonds. The molecule has 35 heavy (non-hydrogen) atoms. The van der Waals surface area contributed by atoms with E-state index in [9.17, 15) is 0 Å². The maximum atomic E-state index is 5.32. The van der Waals surface area contributed by atoms with Crippen LogP contribution in [0, 0.1) is 0 Å². The topological polar surface area (TPSA) is 51.8 Å². The number of rotatable bonds is 7. The summed E-state index contributed by atoms with van der Waals surface area (Å²) in [6, 6.07) is 38.0. The number of aromatic nitrogens is 2. The molecule has 1 heterocycles. The van der Waals surface area contributed by atoms with Gasteiger partial charge in [0.1, 0.15) is 17.2 Å². The quantitative estimate of drug-likeness (QED) is 0.210. The molecule has 1 aromatic heterocycles. The Labute approximate surface area is 204 Å². The largest absolute Gasteiger partial charge is 0.497 e. The molecule has 0 saturated carbocycles. The highest BCUT2D eigenvalue weighted by molar-refractivity contribution is 6.13. The van der Waals surface area contributed by atoms with Crippen LogP contribution in [0.1, 0.15) is 16.7 Å². The van der Waals surface area contributed by atoms with E-state index in [0.29, 0.717) is 0 Å². The summed E-state index contributed by atoms with van der Waals surface area (Å²) >= 11 is 0. The Kier molecular flexibility index (Phi) is 6.58. The molecule has 5 heteroatoms. The van der Waals surface area contributed by atoms with Crippen LogP contribution in [0.2, 0.25) is 0 Å². The van der Waals surface area contributed by atoms with E-state index in [4.69, 9.17) is 9.84 Å². The van der Waals surface area contributed by atoms with Gasteiger partial charge in [0.2, 0.25) is 0 Å². The van der Waals surface area contributed by atoms with Crippen molar-refractivity contribution in [3.8, 4) is 22.7 Å². The molecule has 5 nitrogen and oxygen atoms in total. The van der Waals surface area contributed by atoms with Gasteiger partial charge in [0.05, 0.1) is 19.0 Å². The Hall–Kier alpha value is -4.77. The lowest BCUT2D eigenvalue weighted by Gasteiger charge is -2.05. The van der Waals surface area contributed by atoms with Crippen LogP contribution in [0.25, 0.3) is 16.9 Å². The molecule has 0 radical (unpaired) electrons. The normalized spacial score (nSPS) is 10.9. The molecule has 4 aromatic carbocycles. The Morgan fingerprint density at radius 1 is 0.743 bits per heavy atom. The maximum Gasteiger partial charge on any atom is 0.118 e. The third-order valence-corrected chi connectivity index (χ3v) is 5.58. The lowest BCUT2D eigenvalue weighted by Crippen LogP contribution is -2.02. The number of methoxy groups -OCH3 is 1. The van der Waals surface area contributed by atoms with Crippen LogP contribution in [0.4, 0.5) is 0 Å². The second kappa shape index (κ2) is 10.4. The highest BCUT2D eigenvalue weighted by atomic mass is 16.5. The second-order valence-electron chi connectivity index (χ2n) is 7.87. The fourth-order valence-corrected chi connectivity index (χ4v) is 3.79. The van der Waals surface area contributed by atoms with E-state index in [1.165, 1.54) is 0 Å². The van der Waals surface area contributed by atoms with Crippen molar-refractivity contribution < 1.29 is 4.74 Å². The third-order valence-electron chi connectivity index (χ3n) is 5.58. The lowest BCUT2D eigenvalue weighted by molar-refractivity contribution is 0.415. The first-order valence-corrected chi connectivity index (χ1v) is 11.3. The Morgan fingerprint density at radius 2 is 1.31 bits per heavy atom. The highest BCUT2D eigenvalue weighted by Crippen LogP contribution is 2.25. The molecule has 0 atom stereocenters. The first-order valence-electron chi connectivity index (χ1n) is 11.3. The molecule has 0 aliphatic rings. The minimum absolute atomic E-state index is 0.798. The van der Waals surface area contributed by atoms with Crippen molar-refractivity contribution in [3.63, 3.8) is 0 Å². The minimum atomic E-state index is 0.798. The Morgan fingerprint density at radius 3 is 1.89 bits per heavy atom. The molecule has 0 fully saturated rings. The number of ether oxygens (including phenoxy) is 1. The summed E-state index contributed by atoms with van der Waals surface area (Å²) in [7, 11) is 1.66. The summed E-state index contributed by atoms with van der Waals surface area (Å²) in [6.45, 7) is 0. The van der Waals surface area contributed by atoms with Gasteiger partial charge in [-0.15, -0.1) is 5.10 Å². The van der Waals surface area contributed by atoms with Crippen molar-refractivity contribution >= 4 is 11.9 Å². The van der Waals surface area contributed by atoms with E-state index < -0.39 is 0 Å². The van der Waals surface area contributed by atoms with Gasteiger partial charge in [0.15, 0.2) is 0 Å². The molecule has 0 bridgehead atoms. The van der Waals surface area contributed by atoms with E-state index >= 15 is 0 Å². The maximum absolute atomic E-state index is 5.32. The summed E-state index contributed by atoms with van der Waals surface area (Å²) in [5, 5.41) is 14.0. The summed E-state index contributed by atoms with van der Waals surface area (Å²) < 4.78 is 7.18. The van der Waals surface area contributed by atoms with Gasteiger partial charge < -0.3 is 4.74 Å². The summed E-state index contributed by atoms with van der Waals surface area (Å²) in [6.07, 6.45) is 3.73. The van der Waals surface area contributed by atoms with Crippen molar-refractivity contribution in [2.75, 3.05) is 7.11 Å². The zero-order valence-electron chi connectivity index (χ0n) is 19.3. The fourth-order valence-electron chi connectivity index (χ4n) is 3.79. The fraction of sp³-hybridized carbons (Fsp3) is 0.0333. The van der Waals surface area contributed by atoms with Crippen LogP contribution in [0.15, 0.2) is 132 Å². The molecule has 5 aromatic rings. The van der Waals surface area contributed by atoms with Crippen LogP contribution in [-0.2, 0) is 0 Å². The molecule has 0 saturated heterocycles. The van der Waals surface area contributed by atoms with Crippen LogP contribution in [-0.4, -0.2) is 28.8 Å². The van der Waals surface area contributed by atoms with E-state index in [1.54, 1.807) is 13.3 Å². The number of benzene rings is 4. The van der Waals surface area contributed by atoms with Crippen LogP contribution < -0.4 is 4.74 Å². The van der Waals surface area contributed by atoms with Crippen molar-refractivity contribution in [2.24, 2.45) is 10.2 Å². The SMILES string of the molecule is COc1ccc(-c2nn(-c3ccccc3)cc2C=NN=C(c2ccccc2)c2ccccc2)cc1. The average molecular weight is 457 g/mol. The molecular formula is C30H24N4O. The van der Waals surface area contributed by atoms with Crippen LogP contribution in [0.5, 0.6) is 5.75 Å².